The van der Waals surface area contributed by atoms with E-state index >= 15 is 0 Å². The molecule has 4 nitrogen and oxygen atoms in total. The highest BCUT2D eigenvalue weighted by atomic mass is 35.5. The summed E-state index contributed by atoms with van der Waals surface area (Å²) in [6.45, 7) is 0.945. The molecule has 0 radical (unpaired) electrons. The van der Waals surface area contributed by atoms with E-state index in [0.717, 1.165) is 0 Å². The molecule has 0 bridgehead atoms. The molecule has 0 unspecified atom stereocenters. The maximum absolute atomic E-state index is 10.6. The Morgan fingerprint density at radius 1 is 1.42 bits per heavy atom. The molecule has 0 fully saturated rings. The van der Waals surface area contributed by atoms with Gasteiger partial charge in [-0.3, -0.25) is 4.79 Å². The number of ether oxygens (including phenoxy) is 2. The quantitative estimate of drug-likeness (QED) is 0.620. The second-order valence-corrected chi connectivity index (χ2v) is 2.08. The molecule has 0 spiro atoms. The highest BCUT2D eigenvalue weighted by Gasteiger charge is 2.02. The number of halogens is 1. The number of hydrogen-bond acceptors (Lipinski definition) is 4. The van der Waals surface area contributed by atoms with Gasteiger partial charge in [0.2, 0.25) is 0 Å². The third-order valence-corrected chi connectivity index (χ3v) is 1.00. The van der Waals surface area contributed by atoms with Crippen molar-refractivity contribution in [1.29, 1.82) is 0 Å². The number of esters is 2. The molecule has 0 aromatic rings. The first-order chi connectivity index (χ1) is 5.66. The van der Waals surface area contributed by atoms with Crippen LogP contribution in [-0.2, 0) is 19.1 Å². The Balaban J connectivity index is 3.40. The molecular weight excluding hydrogens is 184 g/mol. The van der Waals surface area contributed by atoms with E-state index in [2.05, 4.69) is 9.47 Å². The van der Waals surface area contributed by atoms with Gasteiger partial charge < -0.3 is 9.47 Å². The zero-order chi connectivity index (χ0) is 9.40. The summed E-state index contributed by atoms with van der Waals surface area (Å²) in [6, 6.07) is 0. The minimum Gasteiger partial charge on any atom is -0.459 e. The SMILES string of the molecule is CC(=O)OCC(=O)OCC=CCl. The average molecular weight is 193 g/mol. The van der Waals surface area contributed by atoms with Gasteiger partial charge in [0, 0.05) is 12.5 Å². The van der Waals surface area contributed by atoms with Gasteiger partial charge >= 0.3 is 11.9 Å². The van der Waals surface area contributed by atoms with Crippen LogP contribution in [0.15, 0.2) is 11.6 Å². The minimum absolute atomic E-state index is 0.0869. The van der Waals surface area contributed by atoms with Crippen LogP contribution in [0.2, 0.25) is 0 Å². The second-order valence-electron chi connectivity index (χ2n) is 1.82. The van der Waals surface area contributed by atoms with Crippen molar-refractivity contribution in [3.63, 3.8) is 0 Å². The van der Waals surface area contributed by atoms with Gasteiger partial charge in [-0.05, 0) is 6.08 Å². The summed E-state index contributed by atoms with van der Waals surface area (Å²) in [6.07, 6.45) is 1.45. The number of carbonyl (C=O) groups excluding carboxylic acids is 2. The van der Waals surface area contributed by atoms with Crippen molar-refractivity contribution in [2.24, 2.45) is 0 Å². The van der Waals surface area contributed by atoms with Gasteiger partial charge in [-0.15, -0.1) is 0 Å². The van der Waals surface area contributed by atoms with Crippen molar-refractivity contribution in [2.75, 3.05) is 13.2 Å². The lowest BCUT2D eigenvalue weighted by Crippen LogP contribution is -2.14. The third kappa shape index (κ3) is 7.08. The van der Waals surface area contributed by atoms with E-state index in [0.29, 0.717) is 0 Å². The topological polar surface area (TPSA) is 52.6 Å². The predicted molar refractivity (Wildman–Crippen MR) is 42.6 cm³/mol. The lowest BCUT2D eigenvalue weighted by molar-refractivity contribution is -0.156. The third-order valence-electron chi connectivity index (χ3n) is 0.823. The van der Waals surface area contributed by atoms with E-state index in [-0.39, 0.29) is 13.2 Å². The summed E-state index contributed by atoms with van der Waals surface area (Å²) >= 11 is 5.16. The lowest BCUT2D eigenvalue weighted by atomic mass is 10.6. The van der Waals surface area contributed by atoms with Crippen molar-refractivity contribution < 1.29 is 19.1 Å². The zero-order valence-corrected chi connectivity index (χ0v) is 7.34. The van der Waals surface area contributed by atoms with E-state index in [1.165, 1.54) is 18.5 Å². The van der Waals surface area contributed by atoms with E-state index in [1.807, 2.05) is 0 Å². The molecule has 68 valence electrons. The number of rotatable bonds is 4. The smallest absolute Gasteiger partial charge is 0.344 e. The zero-order valence-electron chi connectivity index (χ0n) is 6.58. The summed E-state index contributed by atoms with van der Waals surface area (Å²) in [4.78, 5) is 20.9. The molecule has 0 N–H and O–H groups in total. The van der Waals surface area contributed by atoms with Crippen molar-refractivity contribution in [2.45, 2.75) is 6.92 Å². The molecule has 0 aliphatic carbocycles. The minimum atomic E-state index is -0.597. The van der Waals surface area contributed by atoms with E-state index in [9.17, 15) is 9.59 Å². The van der Waals surface area contributed by atoms with Crippen molar-refractivity contribution >= 4 is 23.5 Å². The molecule has 5 heteroatoms. The lowest BCUT2D eigenvalue weighted by Gasteiger charge is -2.00. The van der Waals surface area contributed by atoms with Gasteiger partial charge in [-0.1, -0.05) is 11.6 Å². The molecule has 0 heterocycles. The first-order valence-corrected chi connectivity index (χ1v) is 3.64. The maximum atomic E-state index is 10.6. The Hall–Kier alpha value is -1.03. The van der Waals surface area contributed by atoms with Crippen LogP contribution in [-0.4, -0.2) is 25.2 Å². The van der Waals surface area contributed by atoms with Gasteiger partial charge in [-0.2, -0.15) is 0 Å². The summed E-state index contributed by atoms with van der Waals surface area (Å²) in [7, 11) is 0. The summed E-state index contributed by atoms with van der Waals surface area (Å²) < 4.78 is 8.91. The van der Waals surface area contributed by atoms with Gasteiger partial charge in [0.1, 0.15) is 6.61 Å². The van der Waals surface area contributed by atoms with Crippen LogP contribution in [0.5, 0.6) is 0 Å². The fourth-order valence-electron chi connectivity index (χ4n) is 0.380. The first kappa shape index (κ1) is 11.0. The number of hydrogen-bond donors (Lipinski definition) is 0. The Kier molecular flexibility index (Phi) is 6.09. The van der Waals surface area contributed by atoms with Crippen molar-refractivity contribution in [3.05, 3.63) is 11.6 Å². The van der Waals surface area contributed by atoms with Crippen LogP contribution < -0.4 is 0 Å². The first-order valence-electron chi connectivity index (χ1n) is 3.21. The molecule has 0 atom stereocenters. The maximum Gasteiger partial charge on any atom is 0.344 e. The van der Waals surface area contributed by atoms with Crippen LogP contribution >= 0.6 is 11.6 Å². The summed E-state index contributed by atoms with van der Waals surface area (Å²) in [5.41, 5.74) is 1.24. The van der Waals surface area contributed by atoms with Crippen LogP contribution in [0.1, 0.15) is 6.92 Å². The molecule has 0 rings (SSSR count). The predicted octanol–water partition coefficient (Wildman–Crippen LogP) is 0.845. The van der Waals surface area contributed by atoms with Crippen LogP contribution in [0.3, 0.4) is 0 Å². The molecule has 0 saturated heterocycles. The Morgan fingerprint density at radius 2 is 2.08 bits per heavy atom. The van der Waals surface area contributed by atoms with Gasteiger partial charge in [0.15, 0.2) is 6.61 Å². The van der Waals surface area contributed by atoms with Crippen LogP contribution in [0.25, 0.3) is 0 Å². The normalized spacial score (nSPS) is 9.83. The highest BCUT2D eigenvalue weighted by molar-refractivity contribution is 6.25. The molecule has 0 aliphatic heterocycles. The van der Waals surface area contributed by atoms with E-state index in [1.54, 1.807) is 0 Å². The Bertz CT molecular complexity index is 188. The molecule has 0 aliphatic rings. The van der Waals surface area contributed by atoms with E-state index < -0.39 is 11.9 Å². The highest BCUT2D eigenvalue weighted by Crippen LogP contribution is 1.85. The average Bonchev–Trinajstić information content (AvgIpc) is 2.01. The monoisotopic (exact) mass is 192 g/mol. The van der Waals surface area contributed by atoms with Gasteiger partial charge in [0.05, 0.1) is 0 Å². The molecule has 12 heavy (non-hydrogen) atoms. The number of carbonyl (C=O) groups is 2. The molecular formula is C7H9ClO4. The standard InChI is InChI=1S/C7H9ClO4/c1-6(9)12-5-7(10)11-4-2-3-8/h2-3H,4-5H2,1H3. The Morgan fingerprint density at radius 3 is 2.58 bits per heavy atom. The molecule has 0 aromatic carbocycles. The van der Waals surface area contributed by atoms with Crippen LogP contribution in [0, 0.1) is 0 Å². The second kappa shape index (κ2) is 6.67. The molecule has 0 amide bonds. The molecule has 0 saturated carbocycles. The summed E-state index contributed by atoms with van der Waals surface area (Å²) in [5, 5.41) is 0. The Labute approximate surface area is 75.1 Å². The van der Waals surface area contributed by atoms with Crippen molar-refractivity contribution in [3.8, 4) is 0 Å². The van der Waals surface area contributed by atoms with Gasteiger partial charge in [-0.25, -0.2) is 4.79 Å². The van der Waals surface area contributed by atoms with Crippen molar-refractivity contribution in [1.82, 2.24) is 0 Å². The molecule has 0 aromatic heterocycles. The van der Waals surface area contributed by atoms with Gasteiger partial charge in [0.25, 0.3) is 0 Å². The summed E-state index contributed by atoms with van der Waals surface area (Å²) in [5.74, 6) is -1.11. The fourth-order valence-corrected chi connectivity index (χ4v) is 0.452. The fraction of sp³-hybridized carbons (Fsp3) is 0.429. The van der Waals surface area contributed by atoms with E-state index in [4.69, 9.17) is 11.6 Å². The largest absolute Gasteiger partial charge is 0.459 e. The van der Waals surface area contributed by atoms with Crippen LogP contribution in [0.4, 0.5) is 0 Å².